The standard InChI is InChI=1S/C16H15ClO3/c1-4-10-9-13(17)15(19-2)16(20-3)14(10)11-5-7-12(18)8-6-11/h4-9,18H,1H2,2-3H3. The third kappa shape index (κ3) is 2.45. The van der Waals surface area contributed by atoms with E-state index in [2.05, 4.69) is 6.58 Å². The third-order valence-corrected chi connectivity index (χ3v) is 3.29. The smallest absolute Gasteiger partial charge is 0.180 e. The molecule has 0 spiro atoms. The van der Waals surface area contributed by atoms with Gasteiger partial charge in [0.25, 0.3) is 0 Å². The number of rotatable bonds is 4. The van der Waals surface area contributed by atoms with Crippen molar-refractivity contribution >= 4 is 17.7 Å². The Hall–Kier alpha value is -2.13. The molecular formula is C16H15ClO3. The predicted molar refractivity (Wildman–Crippen MR) is 81.7 cm³/mol. The number of benzene rings is 2. The van der Waals surface area contributed by atoms with Crippen LogP contribution in [0.3, 0.4) is 0 Å². The van der Waals surface area contributed by atoms with Crippen LogP contribution in [0.5, 0.6) is 17.2 Å². The molecule has 2 aromatic carbocycles. The van der Waals surface area contributed by atoms with Crippen molar-refractivity contribution in [2.45, 2.75) is 0 Å². The van der Waals surface area contributed by atoms with Crippen LogP contribution >= 0.6 is 11.6 Å². The second-order valence-corrected chi connectivity index (χ2v) is 4.55. The monoisotopic (exact) mass is 290 g/mol. The number of aromatic hydroxyl groups is 1. The maximum atomic E-state index is 9.40. The fourth-order valence-corrected chi connectivity index (χ4v) is 2.38. The Kier molecular flexibility index (Phi) is 4.20. The van der Waals surface area contributed by atoms with Crippen LogP contribution in [0, 0.1) is 0 Å². The van der Waals surface area contributed by atoms with Crippen molar-refractivity contribution < 1.29 is 14.6 Å². The summed E-state index contributed by atoms with van der Waals surface area (Å²) < 4.78 is 10.8. The molecule has 0 radical (unpaired) electrons. The second-order valence-electron chi connectivity index (χ2n) is 4.14. The van der Waals surface area contributed by atoms with Gasteiger partial charge in [-0.25, -0.2) is 0 Å². The zero-order chi connectivity index (χ0) is 14.7. The first-order chi connectivity index (χ1) is 9.62. The van der Waals surface area contributed by atoms with Crippen molar-refractivity contribution in [1.82, 2.24) is 0 Å². The predicted octanol–water partition coefficient (Wildman–Crippen LogP) is 4.37. The third-order valence-electron chi connectivity index (χ3n) is 3.01. The average molecular weight is 291 g/mol. The molecule has 0 saturated heterocycles. The lowest BCUT2D eigenvalue weighted by atomic mass is 9.97. The van der Waals surface area contributed by atoms with E-state index >= 15 is 0 Å². The molecule has 0 amide bonds. The van der Waals surface area contributed by atoms with Crippen molar-refractivity contribution in [3.05, 3.63) is 47.5 Å². The molecule has 2 aromatic rings. The van der Waals surface area contributed by atoms with Gasteiger partial charge in [0.1, 0.15) is 5.75 Å². The highest BCUT2D eigenvalue weighted by atomic mass is 35.5. The molecule has 20 heavy (non-hydrogen) atoms. The highest BCUT2D eigenvalue weighted by Gasteiger charge is 2.19. The summed E-state index contributed by atoms with van der Waals surface area (Å²) in [5, 5.41) is 9.86. The molecule has 1 N–H and O–H groups in total. The lowest BCUT2D eigenvalue weighted by molar-refractivity contribution is 0.356. The number of ether oxygens (including phenoxy) is 2. The van der Waals surface area contributed by atoms with E-state index in [9.17, 15) is 5.11 Å². The number of halogens is 1. The quantitative estimate of drug-likeness (QED) is 0.908. The van der Waals surface area contributed by atoms with Gasteiger partial charge < -0.3 is 14.6 Å². The first kappa shape index (κ1) is 14.3. The largest absolute Gasteiger partial charge is 0.508 e. The van der Waals surface area contributed by atoms with Crippen molar-refractivity contribution in [3.8, 4) is 28.4 Å². The van der Waals surface area contributed by atoms with E-state index in [1.807, 2.05) is 0 Å². The van der Waals surface area contributed by atoms with Gasteiger partial charge in [0.15, 0.2) is 11.5 Å². The first-order valence-corrected chi connectivity index (χ1v) is 6.36. The van der Waals surface area contributed by atoms with E-state index in [1.54, 1.807) is 43.5 Å². The fourth-order valence-electron chi connectivity index (χ4n) is 2.10. The summed E-state index contributed by atoms with van der Waals surface area (Å²) in [6.45, 7) is 3.80. The van der Waals surface area contributed by atoms with E-state index in [0.717, 1.165) is 16.7 Å². The summed E-state index contributed by atoms with van der Waals surface area (Å²) in [5.41, 5.74) is 2.53. The van der Waals surface area contributed by atoms with Gasteiger partial charge in [-0.15, -0.1) is 0 Å². The summed E-state index contributed by atoms with van der Waals surface area (Å²) in [4.78, 5) is 0. The van der Waals surface area contributed by atoms with Gasteiger partial charge in [-0.1, -0.05) is 36.4 Å². The summed E-state index contributed by atoms with van der Waals surface area (Å²) in [6.07, 6.45) is 1.70. The van der Waals surface area contributed by atoms with E-state index in [4.69, 9.17) is 21.1 Å². The van der Waals surface area contributed by atoms with Crippen LogP contribution in [0.4, 0.5) is 0 Å². The van der Waals surface area contributed by atoms with Crippen LogP contribution in [0.2, 0.25) is 5.02 Å². The molecule has 0 fully saturated rings. The minimum Gasteiger partial charge on any atom is -0.508 e. The number of hydrogen-bond donors (Lipinski definition) is 1. The minimum atomic E-state index is 0.203. The average Bonchev–Trinajstić information content (AvgIpc) is 2.47. The molecule has 0 aliphatic rings. The SMILES string of the molecule is C=Cc1cc(Cl)c(OC)c(OC)c1-c1ccc(O)cc1. The number of phenolic OH excluding ortho intramolecular Hbond substituents is 1. The van der Waals surface area contributed by atoms with Crippen LogP contribution < -0.4 is 9.47 Å². The maximum absolute atomic E-state index is 9.40. The lowest BCUT2D eigenvalue weighted by Gasteiger charge is -2.17. The zero-order valence-corrected chi connectivity index (χ0v) is 12.1. The Morgan fingerprint density at radius 1 is 1.10 bits per heavy atom. The summed E-state index contributed by atoms with van der Waals surface area (Å²) in [5.74, 6) is 1.22. The van der Waals surface area contributed by atoms with Crippen LogP contribution in [0.25, 0.3) is 17.2 Å². The molecule has 4 heteroatoms. The van der Waals surface area contributed by atoms with Gasteiger partial charge in [0.2, 0.25) is 0 Å². The van der Waals surface area contributed by atoms with E-state index < -0.39 is 0 Å². The Bertz CT molecular complexity index is 633. The zero-order valence-electron chi connectivity index (χ0n) is 11.3. The van der Waals surface area contributed by atoms with E-state index in [1.165, 1.54) is 7.11 Å². The van der Waals surface area contributed by atoms with Gasteiger partial charge in [0.05, 0.1) is 19.2 Å². The lowest BCUT2D eigenvalue weighted by Crippen LogP contribution is -1.96. The molecule has 0 unspecified atom stereocenters. The minimum absolute atomic E-state index is 0.203. The Balaban J connectivity index is 2.78. The van der Waals surface area contributed by atoms with Gasteiger partial charge in [0, 0.05) is 5.56 Å². The Labute approximate surface area is 123 Å². The molecular weight excluding hydrogens is 276 g/mol. The molecule has 0 aromatic heterocycles. The molecule has 0 saturated carbocycles. The number of hydrogen-bond acceptors (Lipinski definition) is 3. The van der Waals surface area contributed by atoms with Crippen molar-refractivity contribution in [1.29, 1.82) is 0 Å². The topological polar surface area (TPSA) is 38.7 Å². The van der Waals surface area contributed by atoms with Crippen LogP contribution in [-0.4, -0.2) is 19.3 Å². The van der Waals surface area contributed by atoms with Gasteiger partial charge in [-0.05, 0) is 29.3 Å². The molecule has 0 atom stereocenters. The maximum Gasteiger partial charge on any atom is 0.180 e. The fraction of sp³-hybridized carbons (Fsp3) is 0.125. The Morgan fingerprint density at radius 2 is 1.70 bits per heavy atom. The summed E-state index contributed by atoms with van der Waals surface area (Å²) in [6, 6.07) is 8.60. The Morgan fingerprint density at radius 3 is 2.20 bits per heavy atom. The van der Waals surface area contributed by atoms with Gasteiger partial charge in [-0.2, -0.15) is 0 Å². The first-order valence-electron chi connectivity index (χ1n) is 5.98. The van der Waals surface area contributed by atoms with E-state index in [0.29, 0.717) is 16.5 Å². The summed E-state index contributed by atoms with van der Waals surface area (Å²) in [7, 11) is 3.10. The van der Waals surface area contributed by atoms with Crippen LogP contribution in [0.1, 0.15) is 5.56 Å². The molecule has 0 aliphatic heterocycles. The second kappa shape index (κ2) is 5.88. The number of methoxy groups -OCH3 is 2. The van der Waals surface area contributed by atoms with Crippen LogP contribution in [0.15, 0.2) is 36.9 Å². The van der Waals surface area contributed by atoms with Crippen molar-refractivity contribution in [2.24, 2.45) is 0 Å². The van der Waals surface area contributed by atoms with Crippen LogP contribution in [-0.2, 0) is 0 Å². The van der Waals surface area contributed by atoms with E-state index in [-0.39, 0.29) is 5.75 Å². The van der Waals surface area contributed by atoms with Gasteiger partial charge in [-0.3, -0.25) is 0 Å². The molecule has 0 heterocycles. The van der Waals surface area contributed by atoms with Gasteiger partial charge >= 0.3 is 0 Å². The molecule has 3 nitrogen and oxygen atoms in total. The highest BCUT2D eigenvalue weighted by molar-refractivity contribution is 6.32. The molecule has 0 bridgehead atoms. The normalized spacial score (nSPS) is 10.2. The molecule has 0 aliphatic carbocycles. The number of phenols is 1. The van der Waals surface area contributed by atoms with Crippen molar-refractivity contribution in [2.75, 3.05) is 14.2 Å². The van der Waals surface area contributed by atoms with Crippen molar-refractivity contribution in [3.63, 3.8) is 0 Å². The highest BCUT2D eigenvalue weighted by Crippen LogP contribution is 2.45. The summed E-state index contributed by atoms with van der Waals surface area (Å²) >= 11 is 6.18. The molecule has 2 rings (SSSR count). The molecule has 104 valence electrons.